The van der Waals surface area contributed by atoms with Crippen LogP contribution in [0.3, 0.4) is 0 Å². The van der Waals surface area contributed by atoms with E-state index in [0.29, 0.717) is 0 Å². The molecule has 25 heavy (non-hydrogen) atoms. The lowest BCUT2D eigenvalue weighted by molar-refractivity contribution is -0.382. The van der Waals surface area contributed by atoms with Gasteiger partial charge in [0.2, 0.25) is 0 Å². The Labute approximate surface area is 136 Å². The van der Waals surface area contributed by atoms with Crippen LogP contribution in [0.25, 0.3) is 0 Å². The summed E-state index contributed by atoms with van der Waals surface area (Å²) in [6, 6.07) is 0. The Kier molecular flexibility index (Phi) is 6.29. The molecule has 0 aromatic carbocycles. The van der Waals surface area contributed by atoms with Crippen LogP contribution in [0.5, 0.6) is 0 Å². The van der Waals surface area contributed by atoms with Crippen molar-refractivity contribution in [3.63, 3.8) is 0 Å². The number of hydrogen-bond donors (Lipinski definition) is 1. The van der Waals surface area contributed by atoms with Crippen LogP contribution in [0, 0.1) is 0 Å². The van der Waals surface area contributed by atoms with Crippen molar-refractivity contribution in [1.82, 2.24) is 9.62 Å². The summed E-state index contributed by atoms with van der Waals surface area (Å²) in [6.07, 6.45) is -7.08. The third kappa shape index (κ3) is 4.14. The summed E-state index contributed by atoms with van der Waals surface area (Å²) in [4.78, 5) is 1.48. The average Bonchev–Trinajstić information content (AvgIpc) is 2.46. The van der Waals surface area contributed by atoms with Gasteiger partial charge in [0.25, 0.3) is 10.0 Å². The Hall–Kier alpha value is -0.800. The van der Waals surface area contributed by atoms with E-state index in [9.17, 15) is 47.9 Å². The summed E-state index contributed by atoms with van der Waals surface area (Å²) in [5, 5.41) is -6.70. The summed E-state index contributed by atoms with van der Waals surface area (Å²) < 4.78 is 142. The lowest BCUT2D eigenvalue weighted by atomic mass is 10.1. The van der Waals surface area contributed by atoms with Crippen LogP contribution in [-0.4, -0.2) is 76.0 Å². The van der Waals surface area contributed by atoms with E-state index in [-0.39, 0.29) is 32.8 Å². The zero-order valence-corrected chi connectivity index (χ0v) is 13.0. The smallest absolute Gasteiger partial charge is 0.379 e. The van der Waals surface area contributed by atoms with E-state index in [1.807, 2.05) is 0 Å². The van der Waals surface area contributed by atoms with Crippen LogP contribution < -0.4 is 4.72 Å². The highest BCUT2D eigenvalue weighted by Crippen LogP contribution is 2.54. The van der Waals surface area contributed by atoms with E-state index in [1.165, 1.54) is 4.90 Å². The van der Waals surface area contributed by atoms with E-state index >= 15 is 0 Å². The zero-order valence-electron chi connectivity index (χ0n) is 12.2. The van der Waals surface area contributed by atoms with Gasteiger partial charge in [-0.25, -0.2) is 13.1 Å². The molecule has 0 amide bonds. The quantitative estimate of drug-likeness (QED) is 0.647. The Morgan fingerprint density at radius 2 is 1.36 bits per heavy atom. The first kappa shape index (κ1) is 22.2. The van der Waals surface area contributed by atoms with Crippen LogP contribution in [0.15, 0.2) is 0 Å². The van der Waals surface area contributed by atoms with Crippen LogP contribution in [0.2, 0.25) is 0 Å². The minimum Gasteiger partial charge on any atom is -0.379 e. The van der Waals surface area contributed by atoms with Crippen LogP contribution in [-0.2, 0) is 14.8 Å². The summed E-state index contributed by atoms with van der Waals surface area (Å²) in [5.41, 5.74) is 0. The van der Waals surface area contributed by atoms with Crippen molar-refractivity contribution in [3.05, 3.63) is 0 Å². The molecule has 0 atom stereocenters. The Morgan fingerprint density at radius 1 is 0.880 bits per heavy atom. The highest BCUT2D eigenvalue weighted by molar-refractivity contribution is 7.90. The molecule has 0 aliphatic carbocycles. The lowest BCUT2D eigenvalue weighted by Crippen LogP contribution is -2.65. The fourth-order valence-corrected chi connectivity index (χ4v) is 2.79. The van der Waals surface area contributed by atoms with Crippen molar-refractivity contribution < 1.29 is 52.7 Å². The largest absolute Gasteiger partial charge is 0.460 e. The molecule has 0 radical (unpaired) electrons. The van der Waals surface area contributed by atoms with Gasteiger partial charge in [0.15, 0.2) is 0 Å². The fourth-order valence-electron chi connectivity index (χ4n) is 1.78. The number of morpholine rings is 1. The second-order valence-electron chi connectivity index (χ2n) is 5.02. The standard InChI is InChI=1S/C10H13F9N2O3S/c11-7(12,9(15,16)17)8(13,14)10(18,19)25(22,23)20-1-2-21-3-5-24-6-4-21/h20H,1-6H2. The van der Waals surface area contributed by atoms with Crippen molar-refractivity contribution in [3.8, 4) is 0 Å². The molecule has 0 saturated carbocycles. The number of rotatable bonds is 7. The molecule has 150 valence electrons. The molecular formula is C10H13F9N2O3S. The molecule has 0 unspecified atom stereocenters. The number of alkyl halides is 9. The molecule has 0 spiro atoms. The Balaban J connectivity index is 2.89. The number of sulfonamides is 1. The molecular weight excluding hydrogens is 399 g/mol. The number of nitrogens with zero attached hydrogens (tertiary/aromatic N) is 1. The van der Waals surface area contributed by atoms with Gasteiger partial charge >= 0.3 is 23.3 Å². The van der Waals surface area contributed by atoms with E-state index in [0.717, 1.165) is 4.72 Å². The van der Waals surface area contributed by atoms with Gasteiger partial charge in [0.05, 0.1) is 13.2 Å². The van der Waals surface area contributed by atoms with Crippen molar-refractivity contribution in [2.45, 2.75) is 23.3 Å². The van der Waals surface area contributed by atoms with Crippen molar-refractivity contribution in [2.75, 3.05) is 39.4 Å². The first-order valence-electron chi connectivity index (χ1n) is 6.57. The molecule has 1 rings (SSSR count). The zero-order chi connectivity index (χ0) is 19.7. The SMILES string of the molecule is O=S(=O)(NCCN1CCOCC1)C(F)(F)C(F)(F)C(F)(F)C(F)(F)F. The maximum atomic E-state index is 13.4. The molecule has 5 nitrogen and oxygen atoms in total. The molecule has 15 heteroatoms. The first-order valence-corrected chi connectivity index (χ1v) is 8.06. The predicted molar refractivity (Wildman–Crippen MR) is 65.1 cm³/mol. The number of hydrogen-bond acceptors (Lipinski definition) is 4. The summed E-state index contributed by atoms with van der Waals surface area (Å²) in [7, 11) is -6.53. The third-order valence-corrected chi connectivity index (χ3v) is 4.79. The minimum absolute atomic E-state index is 0.235. The fraction of sp³-hybridized carbons (Fsp3) is 1.00. The summed E-state index contributed by atoms with van der Waals surface area (Å²) in [6.45, 7) is -0.163. The second kappa shape index (κ2) is 7.08. The van der Waals surface area contributed by atoms with Crippen LogP contribution >= 0.6 is 0 Å². The molecule has 1 fully saturated rings. The minimum atomic E-state index is -7.26. The van der Waals surface area contributed by atoms with Gasteiger partial charge in [-0.05, 0) is 0 Å². The molecule has 1 saturated heterocycles. The van der Waals surface area contributed by atoms with Gasteiger partial charge in [-0.3, -0.25) is 4.90 Å². The van der Waals surface area contributed by atoms with E-state index in [1.54, 1.807) is 0 Å². The maximum Gasteiger partial charge on any atom is 0.460 e. The van der Waals surface area contributed by atoms with Crippen LogP contribution in [0.1, 0.15) is 0 Å². The topological polar surface area (TPSA) is 58.6 Å². The van der Waals surface area contributed by atoms with Gasteiger partial charge in [0.1, 0.15) is 0 Å². The molecule has 0 aromatic rings. The van der Waals surface area contributed by atoms with E-state index in [2.05, 4.69) is 0 Å². The monoisotopic (exact) mass is 412 g/mol. The molecule has 1 aliphatic heterocycles. The summed E-state index contributed by atoms with van der Waals surface area (Å²) >= 11 is 0. The number of halogens is 9. The molecule has 1 heterocycles. The number of ether oxygens (including phenoxy) is 1. The summed E-state index contributed by atoms with van der Waals surface area (Å²) in [5.74, 6) is -14.5. The van der Waals surface area contributed by atoms with Crippen molar-refractivity contribution in [2.24, 2.45) is 0 Å². The highest BCUT2D eigenvalue weighted by atomic mass is 32.2. The van der Waals surface area contributed by atoms with Gasteiger partial charge < -0.3 is 4.74 Å². The molecule has 1 aliphatic rings. The lowest BCUT2D eigenvalue weighted by Gasteiger charge is -2.33. The van der Waals surface area contributed by atoms with Crippen LogP contribution in [0.4, 0.5) is 39.5 Å². The molecule has 1 N–H and O–H groups in total. The van der Waals surface area contributed by atoms with Gasteiger partial charge in [-0.2, -0.15) is 39.5 Å². The van der Waals surface area contributed by atoms with Gasteiger partial charge in [0, 0.05) is 26.2 Å². The Morgan fingerprint density at radius 3 is 1.80 bits per heavy atom. The third-order valence-electron chi connectivity index (χ3n) is 3.28. The number of nitrogens with one attached hydrogen (secondary N) is 1. The van der Waals surface area contributed by atoms with E-state index in [4.69, 9.17) is 4.74 Å². The molecule has 0 aromatic heterocycles. The van der Waals surface area contributed by atoms with Gasteiger partial charge in [-0.15, -0.1) is 0 Å². The van der Waals surface area contributed by atoms with E-state index < -0.39 is 39.8 Å². The van der Waals surface area contributed by atoms with Gasteiger partial charge in [-0.1, -0.05) is 0 Å². The first-order chi connectivity index (χ1) is 11.1. The second-order valence-corrected chi connectivity index (χ2v) is 6.82. The Bertz CT molecular complexity index is 558. The highest BCUT2D eigenvalue weighted by Gasteiger charge is 2.85. The average molecular weight is 412 g/mol. The predicted octanol–water partition coefficient (Wildman–Crippen LogP) is 1.66. The normalized spacial score (nSPS) is 19.2. The molecule has 0 bridgehead atoms. The maximum absolute atomic E-state index is 13.4. The van der Waals surface area contributed by atoms with Crippen molar-refractivity contribution >= 4 is 10.0 Å². The van der Waals surface area contributed by atoms with Crippen molar-refractivity contribution in [1.29, 1.82) is 0 Å².